The molecule has 0 spiro atoms. The van der Waals surface area contributed by atoms with E-state index in [9.17, 15) is 4.79 Å². The summed E-state index contributed by atoms with van der Waals surface area (Å²) >= 11 is 5.28. The number of rotatable bonds is 4. The average Bonchev–Trinajstić information content (AvgIpc) is 1.82. The summed E-state index contributed by atoms with van der Waals surface area (Å²) in [5, 5.41) is 8.86. The molecule has 0 aliphatic carbocycles. The van der Waals surface area contributed by atoms with Crippen LogP contribution >= 0.6 is 24.4 Å². The summed E-state index contributed by atoms with van der Waals surface area (Å²) < 4.78 is 0. The van der Waals surface area contributed by atoms with E-state index < -0.39 is 12.0 Å². The van der Waals surface area contributed by atoms with Crippen LogP contribution in [-0.2, 0) is 4.79 Å². The first-order valence-electron chi connectivity index (χ1n) is 2.35. The van der Waals surface area contributed by atoms with Gasteiger partial charge in [0.1, 0.15) is 6.04 Å². The molecule has 0 aliphatic rings. The minimum Gasteiger partial charge on any atom is -0.480 e. The molecule has 1 unspecified atom stereocenters. The topological polar surface area (TPSA) is 63.3 Å². The van der Waals surface area contributed by atoms with Crippen LogP contribution in [0.4, 0.5) is 0 Å². The first kappa shape index (κ1) is 9.13. The van der Waals surface area contributed by atoms with Crippen molar-refractivity contribution in [1.29, 1.82) is 0 Å². The number of carboxylic acid groups (broad SMARTS) is 1. The Hall–Kier alpha value is 0.130. The number of aliphatic carboxylic acids is 1. The van der Waals surface area contributed by atoms with Crippen molar-refractivity contribution in [3.8, 4) is 0 Å². The molecule has 1 atom stereocenters. The van der Waals surface area contributed by atoms with E-state index in [0.29, 0.717) is 10.8 Å². The highest BCUT2D eigenvalue weighted by molar-refractivity contribution is 8.09. The third kappa shape index (κ3) is 4.62. The van der Waals surface area contributed by atoms with E-state index in [-0.39, 0.29) is 0 Å². The third-order valence-corrected chi connectivity index (χ3v) is 2.03. The highest BCUT2D eigenvalue weighted by Gasteiger charge is 2.09. The lowest BCUT2D eigenvalue weighted by molar-refractivity contribution is -0.137. The van der Waals surface area contributed by atoms with Crippen LogP contribution in [0.25, 0.3) is 0 Å². The molecule has 0 saturated carbocycles. The van der Waals surface area contributed by atoms with Gasteiger partial charge in [-0.25, -0.2) is 0 Å². The predicted octanol–water partition coefficient (Wildman–Crippen LogP) is 0.0188. The molecule has 0 fully saturated rings. The Morgan fingerprint density at radius 3 is 2.78 bits per heavy atom. The van der Waals surface area contributed by atoms with Gasteiger partial charge in [0.15, 0.2) is 0 Å². The zero-order chi connectivity index (χ0) is 7.28. The molecule has 54 valence electrons. The molecule has 0 aromatic rings. The number of nitrogens with two attached hydrogens (primary N) is 1. The predicted molar refractivity (Wildman–Crippen MR) is 41.9 cm³/mol. The van der Waals surface area contributed by atoms with E-state index in [1.165, 1.54) is 11.8 Å². The lowest BCUT2D eigenvalue weighted by Gasteiger charge is -2.02. The first-order chi connectivity index (χ1) is 4.18. The van der Waals surface area contributed by atoms with Gasteiger partial charge < -0.3 is 10.8 Å². The number of hydrogen-bond acceptors (Lipinski definition) is 4. The molecular formula is C4H9NO2S2. The van der Waals surface area contributed by atoms with Crippen molar-refractivity contribution >= 4 is 30.4 Å². The minimum absolute atomic E-state index is 0.429. The smallest absolute Gasteiger partial charge is 0.321 e. The van der Waals surface area contributed by atoms with E-state index >= 15 is 0 Å². The fraction of sp³-hybridized carbons (Fsp3) is 0.750. The summed E-state index contributed by atoms with van der Waals surface area (Å²) in [5.74, 6) is -0.525. The Labute approximate surface area is 63.4 Å². The highest BCUT2D eigenvalue weighted by atomic mass is 32.2. The summed E-state index contributed by atoms with van der Waals surface area (Å²) in [7, 11) is 0. The molecule has 0 radical (unpaired) electrons. The highest BCUT2D eigenvalue weighted by Crippen LogP contribution is 2.02. The third-order valence-electron chi connectivity index (χ3n) is 0.706. The molecule has 0 aromatic carbocycles. The van der Waals surface area contributed by atoms with Crippen LogP contribution in [0.5, 0.6) is 0 Å². The maximum Gasteiger partial charge on any atom is 0.321 e. The van der Waals surface area contributed by atoms with E-state index in [4.69, 9.17) is 10.8 Å². The Balaban J connectivity index is 3.27. The van der Waals surface area contributed by atoms with E-state index in [1.54, 1.807) is 0 Å². The molecule has 5 heteroatoms. The van der Waals surface area contributed by atoms with Gasteiger partial charge in [-0.3, -0.25) is 4.79 Å². The minimum atomic E-state index is -0.954. The van der Waals surface area contributed by atoms with E-state index in [2.05, 4.69) is 12.6 Å². The van der Waals surface area contributed by atoms with Crippen molar-refractivity contribution in [3.63, 3.8) is 0 Å². The first-order valence-corrected chi connectivity index (χ1v) is 4.14. The van der Waals surface area contributed by atoms with Gasteiger partial charge in [-0.15, -0.1) is 11.8 Å². The summed E-state index contributed by atoms with van der Waals surface area (Å²) in [5.41, 5.74) is 5.15. The second kappa shape index (κ2) is 4.96. The van der Waals surface area contributed by atoms with Crippen LogP contribution in [-0.4, -0.2) is 28.0 Å². The number of carbonyl (C=O) groups is 1. The van der Waals surface area contributed by atoms with Gasteiger partial charge in [0.05, 0.1) is 0 Å². The van der Waals surface area contributed by atoms with Gasteiger partial charge in [0, 0.05) is 10.8 Å². The monoisotopic (exact) mass is 167 g/mol. The second-order valence-electron chi connectivity index (χ2n) is 1.44. The van der Waals surface area contributed by atoms with Gasteiger partial charge in [-0.1, -0.05) is 0 Å². The molecule has 3 N–H and O–H groups in total. The maximum atomic E-state index is 10.0. The van der Waals surface area contributed by atoms with Gasteiger partial charge >= 0.3 is 5.97 Å². The zero-order valence-corrected chi connectivity index (χ0v) is 6.49. The van der Waals surface area contributed by atoms with Crippen molar-refractivity contribution in [2.45, 2.75) is 6.04 Å². The number of thiol groups is 1. The van der Waals surface area contributed by atoms with Gasteiger partial charge in [-0.05, 0) is 0 Å². The number of thioether (sulfide) groups is 1. The zero-order valence-electron chi connectivity index (χ0n) is 4.78. The van der Waals surface area contributed by atoms with Crippen molar-refractivity contribution in [1.82, 2.24) is 0 Å². The van der Waals surface area contributed by atoms with Crippen LogP contribution < -0.4 is 5.73 Å². The summed E-state index contributed by atoms with van der Waals surface area (Å²) in [6.45, 7) is 0. The van der Waals surface area contributed by atoms with Crippen LogP contribution in [0.15, 0.2) is 0 Å². The SMILES string of the molecule is NC(CSCS)C(=O)O. The number of hydrogen-bond donors (Lipinski definition) is 3. The van der Waals surface area contributed by atoms with Crippen LogP contribution in [0, 0.1) is 0 Å². The fourth-order valence-corrected chi connectivity index (χ4v) is 1.07. The normalized spacial score (nSPS) is 13.1. The largest absolute Gasteiger partial charge is 0.480 e. The summed E-state index contributed by atoms with van der Waals surface area (Å²) in [6.07, 6.45) is 0. The molecule has 0 saturated heterocycles. The molecule has 0 aromatic heterocycles. The van der Waals surface area contributed by atoms with Gasteiger partial charge in [0.25, 0.3) is 0 Å². The van der Waals surface area contributed by atoms with Gasteiger partial charge in [-0.2, -0.15) is 12.6 Å². The van der Waals surface area contributed by atoms with Crippen molar-refractivity contribution in [3.05, 3.63) is 0 Å². The molecule has 0 heterocycles. The van der Waals surface area contributed by atoms with Crippen LogP contribution in [0.2, 0.25) is 0 Å². The Morgan fingerprint density at radius 2 is 2.44 bits per heavy atom. The summed E-state index contributed by atoms with van der Waals surface area (Å²) in [6, 6.07) is -0.748. The lowest BCUT2D eigenvalue weighted by Crippen LogP contribution is -2.32. The van der Waals surface area contributed by atoms with Crippen molar-refractivity contribution < 1.29 is 9.90 Å². The molecule has 3 nitrogen and oxygen atoms in total. The standard InChI is InChI=1S/C4H9NO2S2/c5-3(4(6)7)1-9-2-8/h3,8H,1-2,5H2,(H,6,7). The van der Waals surface area contributed by atoms with E-state index in [0.717, 1.165) is 0 Å². The Bertz CT molecular complexity index is 98.6. The van der Waals surface area contributed by atoms with Crippen LogP contribution in [0.3, 0.4) is 0 Å². The molecule has 0 bridgehead atoms. The van der Waals surface area contributed by atoms with Crippen molar-refractivity contribution in [2.75, 3.05) is 10.8 Å². The summed E-state index contributed by atoms with van der Waals surface area (Å²) in [4.78, 5) is 10.0. The molecule has 9 heavy (non-hydrogen) atoms. The Kier molecular flexibility index (Phi) is 5.03. The molecule has 0 aliphatic heterocycles. The van der Waals surface area contributed by atoms with Crippen LogP contribution in [0.1, 0.15) is 0 Å². The average molecular weight is 167 g/mol. The molecule has 0 rings (SSSR count). The quantitative estimate of drug-likeness (QED) is 0.408. The van der Waals surface area contributed by atoms with Gasteiger partial charge in [0.2, 0.25) is 0 Å². The fourth-order valence-electron chi connectivity index (χ4n) is 0.251. The maximum absolute atomic E-state index is 10.0. The molecular weight excluding hydrogens is 158 g/mol. The lowest BCUT2D eigenvalue weighted by atomic mass is 10.4. The second-order valence-corrected chi connectivity index (χ2v) is 3.22. The molecule has 0 amide bonds. The Morgan fingerprint density at radius 1 is 1.89 bits per heavy atom. The van der Waals surface area contributed by atoms with Crippen molar-refractivity contribution in [2.24, 2.45) is 5.73 Å². The number of carboxylic acids is 1. The van der Waals surface area contributed by atoms with E-state index in [1.807, 2.05) is 0 Å².